The van der Waals surface area contributed by atoms with Crippen LogP contribution >= 0.6 is 0 Å². The Kier molecular flexibility index (Phi) is 2.81. The average molecular weight is 193 g/mol. The first kappa shape index (κ1) is 9.24. The number of aromatic nitrogens is 2. The van der Waals surface area contributed by atoms with Crippen molar-refractivity contribution in [1.82, 2.24) is 14.9 Å². The number of likely N-dealkylation sites (tertiary alicyclic amines) is 1. The molecular weight excluding hydrogens is 178 g/mol. The van der Waals surface area contributed by atoms with Gasteiger partial charge in [-0.2, -0.15) is 0 Å². The molecule has 0 bridgehead atoms. The van der Waals surface area contributed by atoms with Crippen LogP contribution in [0.15, 0.2) is 12.5 Å². The molecule has 1 amide bonds. The second kappa shape index (κ2) is 4.26. The smallest absolute Gasteiger partial charge is 0.222 e. The summed E-state index contributed by atoms with van der Waals surface area (Å²) in [5.74, 6) is 0.275. The Labute approximate surface area is 83.3 Å². The van der Waals surface area contributed by atoms with E-state index in [-0.39, 0.29) is 5.91 Å². The summed E-state index contributed by atoms with van der Waals surface area (Å²) in [6, 6.07) is 0. The summed E-state index contributed by atoms with van der Waals surface area (Å²) in [6.07, 6.45) is 7.12. The Hall–Kier alpha value is -1.32. The van der Waals surface area contributed by atoms with Gasteiger partial charge >= 0.3 is 0 Å². The molecule has 2 heterocycles. The number of nitrogens with one attached hydrogen (secondary N) is 1. The maximum atomic E-state index is 11.6. The quantitative estimate of drug-likeness (QED) is 0.777. The molecule has 1 aromatic heterocycles. The van der Waals surface area contributed by atoms with Crippen LogP contribution in [0.1, 0.15) is 25.0 Å². The molecule has 1 aliphatic heterocycles. The predicted octanol–water partition coefficient (Wildman–Crippen LogP) is 0.965. The average Bonchev–Trinajstić information content (AvgIpc) is 2.87. The fraction of sp³-hybridized carbons (Fsp3) is 0.600. The van der Waals surface area contributed by atoms with Crippen LogP contribution in [0, 0.1) is 0 Å². The minimum Gasteiger partial charge on any atom is -0.348 e. The number of H-pyrrole nitrogens is 1. The van der Waals surface area contributed by atoms with Crippen molar-refractivity contribution in [3.05, 3.63) is 18.2 Å². The van der Waals surface area contributed by atoms with Gasteiger partial charge in [0, 0.05) is 31.4 Å². The highest BCUT2D eigenvalue weighted by Gasteiger charge is 2.17. The first-order valence-electron chi connectivity index (χ1n) is 5.11. The number of carbonyl (C=O) groups excluding carboxylic acids is 1. The van der Waals surface area contributed by atoms with Crippen LogP contribution < -0.4 is 0 Å². The molecule has 0 spiro atoms. The van der Waals surface area contributed by atoms with Gasteiger partial charge in [-0.15, -0.1) is 0 Å². The van der Waals surface area contributed by atoms with Gasteiger partial charge in [-0.25, -0.2) is 4.98 Å². The first-order valence-corrected chi connectivity index (χ1v) is 5.11. The van der Waals surface area contributed by atoms with Gasteiger partial charge in [-0.3, -0.25) is 4.79 Å². The SMILES string of the molecule is O=C(CCc1cnc[nH]1)N1CCCC1. The van der Waals surface area contributed by atoms with Crippen molar-refractivity contribution in [2.75, 3.05) is 13.1 Å². The minimum absolute atomic E-state index is 0.275. The number of hydrogen-bond donors (Lipinski definition) is 1. The van der Waals surface area contributed by atoms with Gasteiger partial charge in [0.1, 0.15) is 0 Å². The first-order chi connectivity index (χ1) is 6.86. The van der Waals surface area contributed by atoms with E-state index in [9.17, 15) is 4.79 Å². The number of aryl methyl sites for hydroxylation is 1. The van der Waals surface area contributed by atoms with Crippen LogP contribution in [0.4, 0.5) is 0 Å². The van der Waals surface area contributed by atoms with E-state index in [1.54, 1.807) is 12.5 Å². The standard InChI is InChI=1S/C10H15N3O/c14-10(13-5-1-2-6-13)4-3-9-7-11-8-12-9/h7-8H,1-6H2,(H,11,12). The van der Waals surface area contributed by atoms with E-state index in [1.165, 1.54) is 0 Å². The Bertz CT molecular complexity index is 288. The van der Waals surface area contributed by atoms with Crippen LogP contribution in [0.5, 0.6) is 0 Å². The van der Waals surface area contributed by atoms with Crippen LogP contribution in [0.2, 0.25) is 0 Å². The normalized spacial score (nSPS) is 16.1. The number of aromatic amines is 1. The van der Waals surface area contributed by atoms with Crippen LogP contribution in [0.3, 0.4) is 0 Å². The molecule has 1 aromatic rings. The summed E-state index contributed by atoms with van der Waals surface area (Å²) in [6.45, 7) is 1.89. The molecule has 0 aliphatic carbocycles. The Balaban J connectivity index is 1.77. The highest BCUT2D eigenvalue weighted by atomic mass is 16.2. The lowest BCUT2D eigenvalue weighted by Crippen LogP contribution is -2.27. The molecular formula is C10H15N3O. The Morgan fingerprint density at radius 2 is 2.29 bits per heavy atom. The summed E-state index contributed by atoms with van der Waals surface area (Å²) in [7, 11) is 0. The number of rotatable bonds is 3. The number of amides is 1. The third-order valence-corrected chi connectivity index (χ3v) is 2.62. The van der Waals surface area contributed by atoms with E-state index in [0.717, 1.165) is 38.0 Å². The second-order valence-corrected chi connectivity index (χ2v) is 3.66. The molecule has 76 valence electrons. The molecule has 0 radical (unpaired) electrons. The van der Waals surface area contributed by atoms with Gasteiger partial charge in [0.05, 0.1) is 6.33 Å². The van der Waals surface area contributed by atoms with Gasteiger partial charge in [0.15, 0.2) is 0 Å². The Morgan fingerprint density at radius 1 is 1.50 bits per heavy atom. The number of nitrogens with zero attached hydrogens (tertiary/aromatic N) is 2. The van der Waals surface area contributed by atoms with E-state index in [2.05, 4.69) is 9.97 Å². The lowest BCUT2D eigenvalue weighted by molar-refractivity contribution is -0.130. The van der Waals surface area contributed by atoms with Crippen molar-refractivity contribution >= 4 is 5.91 Å². The lowest BCUT2D eigenvalue weighted by atomic mass is 10.2. The van der Waals surface area contributed by atoms with Gasteiger partial charge in [0.25, 0.3) is 0 Å². The van der Waals surface area contributed by atoms with E-state index in [1.807, 2.05) is 4.90 Å². The van der Waals surface area contributed by atoms with Gasteiger partial charge in [-0.1, -0.05) is 0 Å². The van der Waals surface area contributed by atoms with Crippen molar-refractivity contribution in [1.29, 1.82) is 0 Å². The van der Waals surface area contributed by atoms with Gasteiger partial charge in [-0.05, 0) is 19.3 Å². The fourth-order valence-corrected chi connectivity index (χ4v) is 1.79. The molecule has 2 rings (SSSR count). The molecule has 1 saturated heterocycles. The summed E-state index contributed by atoms with van der Waals surface area (Å²) in [5.41, 5.74) is 1.04. The number of hydrogen-bond acceptors (Lipinski definition) is 2. The van der Waals surface area contributed by atoms with Crippen molar-refractivity contribution in [3.8, 4) is 0 Å². The fourth-order valence-electron chi connectivity index (χ4n) is 1.79. The largest absolute Gasteiger partial charge is 0.348 e. The van der Waals surface area contributed by atoms with E-state index in [4.69, 9.17) is 0 Å². The maximum absolute atomic E-state index is 11.6. The topological polar surface area (TPSA) is 49.0 Å². The molecule has 0 saturated carbocycles. The Morgan fingerprint density at radius 3 is 2.93 bits per heavy atom. The summed E-state index contributed by atoms with van der Waals surface area (Å²) < 4.78 is 0. The molecule has 0 atom stereocenters. The lowest BCUT2D eigenvalue weighted by Gasteiger charge is -2.14. The van der Waals surface area contributed by atoms with Gasteiger partial charge in [0.2, 0.25) is 5.91 Å². The van der Waals surface area contributed by atoms with Crippen molar-refractivity contribution in [2.45, 2.75) is 25.7 Å². The number of carbonyl (C=O) groups is 1. The molecule has 4 heteroatoms. The molecule has 1 N–H and O–H groups in total. The number of imidazole rings is 1. The summed E-state index contributed by atoms with van der Waals surface area (Å²) in [4.78, 5) is 20.5. The van der Waals surface area contributed by atoms with Crippen molar-refractivity contribution in [3.63, 3.8) is 0 Å². The minimum atomic E-state index is 0.275. The summed E-state index contributed by atoms with van der Waals surface area (Å²) >= 11 is 0. The van der Waals surface area contributed by atoms with Crippen molar-refractivity contribution in [2.24, 2.45) is 0 Å². The molecule has 14 heavy (non-hydrogen) atoms. The zero-order valence-corrected chi connectivity index (χ0v) is 8.20. The summed E-state index contributed by atoms with van der Waals surface area (Å²) in [5, 5.41) is 0. The van der Waals surface area contributed by atoms with E-state index < -0.39 is 0 Å². The molecule has 1 aliphatic rings. The highest BCUT2D eigenvalue weighted by Crippen LogP contribution is 2.10. The molecule has 1 fully saturated rings. The third kappa shape index (κ3) is 2.13. The van der Waals surface area contributed by atoms with Crippen LogP contribution in [-0.4, -0.2) is 33.9 Å². The van der Waals surface area contributed by atoms with Crippen LogP contribution in [-0.2, 0) is 11.2 Å². The maximum Gasteiger partial charge on any atom is 0.222 e. The van der Waals surface area contributed by atoms with Crippen LogP contribution in [0.25, 0.3) is 0 Å². The molecule has 4 nitrogen and oxygen atoms in total. The highest BCUT2D eigenvalue weighted by molar-refractivity contribution is 5.76. The predicted molar refractivity (Wildman–Crippen MR) is 52.7 cm³/mol. The monoisotopic (exact) mass is 193 g/mol. The molecule has 0 unspecified atom stereocenters. The van der Waals surface area contributed by atoms with E-state index >= 15 is 0 Å². The van der Waals surface area contributed by atoms with Crippen molar-refractivity contribution < 1.29 is 4.79 Å². The third-order valence-electron chi connectivity index (χ3n) is 2.62. The zero-order chi connectivity index (χ0) is 9.80. The second-order valence-electron chi connectivity index (χ2n) is 3.66. The zero-order valence-electron chi connectivity index (χ0n) is 8.20. The van der Waals surface area contributed by atoms with Gasteiger partial charge < -0.3 is 9.88 Å². The molecule has 0 aromatic carbocycles. The van der Waals surface area contributed by atoms with E-state index in [0.29, 0.717) is 6.42 Å².